The summed E-state index contributed by atoms with van der Waals surface area (Å²) in [5.41, 5.74) is 0.823. The van der Waals surface area contributed by atoms with E-state index in [-0.39, 0.29) is 11.8 Å². The van der Waals surface area contributed by atoms with Crippen LogP contribution in [0.15, 0.2) is 12.1 Å². The number of aromatic hydroxyl groups is 1. The summed E-state index contributed by atoms with van der Waals surface area (Å²) in [7, 11) is 0. The lowest BCUT2D eigenvalue weighted by Crippen LogP contribution is -2.45. The SMILES string of the molecule is CC(C)CC[C@H](c1c(O)cc(Cl)cc1Cl)N1CCNCC1. The molecule has 5 heteroatoms. The van der Waals surface area contributed by atoms with Crippen LogP contribution in [-0.2, 0) is 0 Å². The summed E-state index contributed by atoms with van der Waals surface area (Å²) in [5.74, 6) is 0.837. The van der Waals surface area contributed by atoms with E-state index in [2.05, 4.69) is 24.1 Å². The molecular formula is C16H24Cl2N2O. The topological polar surface area (TPSA) is 35.5 Å². The van der Waals surface area contributed by atoms with Gasteiger partial charge < -0.3 is 10.4 Å². The van der Waals surface area contributed by atoms with E-state index in [4.69, 9.17) is 23.2 Å². The van der Waals surface area contributed by atoms with Crippen molar-refractivity contribution in [1.82, 2.24) is 10.2 Å². The molecule has 2 rings (SSSR count). The van der Waals surface area contributed by atoms with Crippen molar-refractivity contribution < 1.29 is 5.11 Å². The van der Waals surface area contributed by atoms with E-state index in [0.29, 0.717) is 16.0 Å². The molecule has 0 aliphatic carbocycles. The third-order valence-corrected chi connectivity index (χ3v) is 4.55. The number of hydrogen-bond acceptors (Lipinski definition) is 3. The minimum Gasteiger partial charge on any atom is -0.508 e. The number of phenolic OH excluding ortho intramolecular Hbond substituents is 1. The Morgan fingerprint density at radius 2 is 1.86 bits per heavy atom. The first-order valence-electron chi connectivity index (χ1n) is 7.61. The van der Waals surface area contributed by atoms with Gasteiger partial charge in [0.1, 0.15) is 5.75 Å². The Balaban J connectivity index is 2.29. The molecule has 1 aromatic carbocycles. The smallest absolute Gasteiger partial charge is 0.123 e. The highest BCUT2D eigenvalue weighted by Crippen LogP contribution is 2.40. The second kappa shape index (κ2) is 7.68. The second-order valence-electron chi connectivity index (χ2n) is 6.09. The van der Waals surface area contributed by atoms with Gasteiger partial charge in [0.15, 0.2) is 0 Å². The summed E-state index contributed by atoms with van der Waals surface area (Å²) in [4.78, 5) is 2.41. The summed E-state index contributed by atoms with van der Waals surface area (Å²) in [6.45, 7) is 8.34. The molecule has 0 unspecified atom stereocenters. The highest BCUT2D eigenvalue weighted by Gasteiger charge is 2.26. The number of halogens is 2. The summed E-state index contributed by atoms with van der Waals surface area (Å²) in [6.07, 6.45) is 2.10. The minimum absolute atomic E-state index is 0.152. The van der Waals surface area contributed by atoms with E-state index >= 15 is 0 Å². The lowest BCUT2D eigenvalue weighted by atomic mass is 9.95. The van der Waals surface area contributed by atoms with Crippen LogP contribution in [0.25, 0.3) is 0 Å². The van der Waals surface area contributed by atoms with E-state index in [0.717, 1.165) is 44.6 Å². The molecular weight excluding hydrogens is 307 g/mol. The second-order valence-corrected chi connectivity index (χ2v) is 6.94. The standard InChI is InChI=1S/C16H24Cl2N2O/c1-11(2)3-4-14(20-7-5-19-6-8-20)16-13(18)9-12(17)10-15(16)21/h9-11,14,19,21H,3-8H2,1-2H3/t14-/m1/s1. The van der Waals surface area contributed by atoms with Gasteiger partial charge in [-0.25, -0.2) is 0 Å². The number of phenols is 1. The first-order valence-corrected chi connectivity index (χ1v) is 8.37. The maximum atomic E-state index is 10.3. The monoisotopic (exact) mass is 330 g/mol. The molecule has 2 N–H and O–H groups in total. The van der Waals surface area contributed by atoms with Crippen LogP contribution in [0.5, 0.6) is 5.75 Å². The van der Waals surface area contributed by atoms with Crippen LogP contribution < -0.4 is 5.32 Å². The molecule has 0 spiro atoms. The Kier molecular flexibility index (Phi) is 6.18. The fraction of sp³-hybridized carbons (Fsp3) is 0.625. The van der Waals surface area contributed by atoms with Crippen molar-refractivity contribution in [3.63, 3.8) is 0 Å². The van der Waals surface area contributed by atoms with E-state index in [1.165, 1.54) is 0 Å². The Morgan fingerprint density at radius 1 is 1.19 bits per heavy atom. The summed E-state index contributed by atoms with van der Waals surface area (Å²) in [5, 5.41) is 14.7. The van der Waals surface area contributed by atoms with Gasteiger partial charge in [0, 0.05) is 42.8 Å². The van der Waals surface area contributed by atoms with Gasteiger partial charge in [-0.1, -0.05) is 37.0 Å². The normalized spacial score (nSPS) is 18.1. The molecule has 0 radical (unpaired) electrons. The molecule has 21 heavy (non-hydrogen) atoms. The quantitative estimate of drug-likeness (QED) is 0.853. The third kappa shape index (κ3) is 4.49. The van der Waals surface area contributed by atoms with Crippen molar-refractivity contribution in [2.75, 3.05) is 26.2 Å². The zero-order valence-corrected chi connectivity index (χ0v) is 14.2. The molecule has 0 bridgehead atoms. The van der Waals surface area contributed by atoms with Crippen molar-refractivity contribution in [2.45, 2.75) is 32.7 Å². The van der Waals surface area contributed by atoms with E-state index < -0.39 is 0 Å². The zero-order valence-electron chi connectivity index (χ0n) is 12.7. The average molecular weight is 331 g/mol. The predicted molar refractivity (Wildman–Crippen MR) is 89.4 cm³/mol. The molecule has 1 fully saturated rings. The van der Waals surface area contributed by atoms with Gasteiger partial charge in [-0.2, -0.15) is 0 Å². The van der Waals surface area contributed by atoms with Gasteiger partial charge in [-0.05, 0) is 30.9 Å². The van der Waals surface area contributed by atoms with Crippen LogP contribution in [0.2, 0.25) is 10.0 Å². The van der Waals surface area contributed by atoms with Gasteiger partial charge in [0.25, 0.3) is 0 Å². The van der Waals surface area contributed by atoms with Crippen LogP contribution in [-0.4, -0.2) is 36.2 Å². The minimum atomic E-state index is 0.152. The molecule has 1 heterocycles. The van der Waals surface area contributed by atoms with Crippen LogP contribution in [0.1, 0.15) is 38.3 Å². The molecule has 0 aromatic heterocycles. The molecule has 1 aromatic rings. The van der Waals surface area contributed by atoms with E-state index in [1.807, 2.05) is 0 Å². The maximum Gasteiger partial charge on any atom is 0.123 e. The van der Waals surface area contributed by atoms with Gasteiger partial charge in [-0.3, -0.25) is 4.90 Å². The average Bonchev–Trinajstić information content (AvgIpc) is 2.42. The largest absolute Gasteiger partial charge is 0.508 e. The fourth-order valence-electron chi connectivity index (χ4n) is 2.90. The van der Waals surface area contributed by atoms with Gasteiger partial charge in [0.2, 0.25) is 0 Å². The number of hydrogen-bond donors (Lipinski definition) is 2. The molecule has 118 valence electrons. The highest BCUT2D eigenvalue weighted by molar-refractivity contribution is 6.35. The van der Waals surface area contributed by atoms with Crippen LogP contribution in [0.4, 0.5) is 0 Å². The van der Waals surface area contributed by atoms with Crippen molar-refractivity contribution in [3.8, 4) is 5.75 Å². The van der Waals surface area contributed by atoms with Crippen molar-refractivity contribution in [1.29, 1.82) is 0 Å². The summed E-state index contributed by atoms with van der Waals surface area (Å²) in [6, 6.07) is 3.47. The summed E-state index contributed by atoms with van der Waals surface area (Å²) < 4.78 is 0. The zero-order chi connectivity index (χ0) is 15.4. The van der Waals surface area contributed by atoms with Crippen LogP contribution in [0, 0.1) is 5.92 Å². The highest BCUT2D eigenvalue weighted by atomic mass is 35.5. The Morgan fingerprint density at radius 3 is 2.43 bits per heavy atom. The number of benzene rings is 1. The van der Waals surface area contributed by atoms with E-state index in [9.17, 15) is 5.11 Å². The molecule has 1 aliphatic rings. The Hall–Kier alpha value is -0.480. The fourth-order valence-corrected chi connectivity index (χ4v) is 3.50. The van der Waals surface area contributed by atoms with Crippen molar-refractivity contribution in [2.24, 2.45) is 5.92 Å². The molecule has 1 atom stereocenters. The molecule has 0 amide bonds. The maximum absolute atomic E-state index is 10.3. The van der Waals surface area contributed by atoms with Crippen LogP contribution >= 0.6 is 23.2 Å². The Labute approximate surface area is 137 Å². The van der Waals surface area contributed by atoms with Gasteiger partial charge in [-0.15, -0.1) is 0 Å². The number of rotatable bonds is 5. The van der Waals surface area contributed by atoms with Crippen LogP contribution in [0.3, 0.4) is 0 Å². The van der Waals surface area contributed by atoms with E-state index in [1.54, 1.807) is 12.1 Å². The van der Waals surface area contributed by atoms with Gasteiger partial charge in [0.05, 0.1) is 5.02 Å². The summed E-state index contributed by atoms with van der Waals surface area (Å²) >= 11 is 12.3. The van der Waals surface area contributed by atoms with Crippen molar-refractivity contribution in [3.05, 3.63) is 27.7 Å². The lowest BCUT2D eigenvalue weighted by Gasteiger charge is -2.36. The first-order chi connectivity index (χ1) is 9.99. The molecule has 1 saturated heterocycles. The third-order valence-electron chi connectivity index (χ3n) is 4.02. The number of nitrogens with zero attached hydrogens (tertiary/aromatic N) is 1. The van der Waals surface area contributed by atoms with Crippen molar-refractivity contribution >= 4 is 23.2 Å². The first kappa shape index (κ1) is 16.9. The number of piperazine rings is 1. The molecule has 0 saturated carbocycles. The lowest BCUT2D eigenvalue weighted by molar-refractivity contribution is 0.157. The van der Waals surface area contributed by atoms with Gasteiger partial charge >= 0.3 is 0 Å². The predicted octanol–water partition coefficient (Wildman–Crippen LogP) is 4.08. The molecule has 1 aliphatic heterocycles. The number of nitrogens with one attached hydrogen (secondary N) is 1. The molecule has 3 nitrogen and oxygen atoms in total. The Bertz CT molecular complexity index is 450.